The molecule has 2 aromatic carbocycles. The Morgan fingerprint density at radius 2 is 1.86 bits per heavy atom. The maximum absolute atomic E-state index is 12.2. The number of hydrazone groups is 1. The van der Waals surface area contributed by atoms with E-state index < -0.39 is 11.8 Å². The summed E-state index contributed by atoms with van der Waals surface area (Å²) >= 11 is 3.40. The van der Waals surface area contributed by atoms with Crippen LogP contribution in [0.1, 0.15) is 15.9 Å². The molecule has 0 unspecified atom stereocenters. The van der Waals surface area contributed by atoms with Crippen molar-refractivity contribution in [1.29, 1.82) is 0 Å². The van der Waals surface area contributed by atoms with Gasteiger partial charge in [-0.25, -0.2) is 5.43 Å². The summed E-state index contributed by atoms with van der Waals surface area (Å²) in [7, 11) is 2.98. The van der Waals surface area contributed by atoms with Crippen LogP contribution in [0.15, 0.2) is 39.9 Å². The van der Waals surface area contributed by atoms with Crippen LogP contribution in [0.3, 0.4) is 0 Å². The fourth-order valence-corrected chi connectivity index (χ4v) is 2.91. The molecule has 1 aliphatic heterocycles. The zero-order chi connectivity index (χ0) is 20.8. The Bertz CT molecular complexity index is 963. The largest absolute Gasteiger partial charge is 0.493 e. The first-order valence-electron chi connectivity index (χ1n) is 8.43. The second-order valence-electron chi connectivity index (χ2n) is 5.77. The molecule has 0 spiro atoms. The van der Waals surface area contributed by atoms with Gasteiger partial charge in [-0.3, -0.25) is 9.59 Å². The summed E-state index contributed by atoms with van der Waals surface area (Å²) in [4.78, 5) is 24.1. The highest BCUT2D eigenvalue weighted by atomic mass is 79.9. The lowest BCUT2D eigenvalue weighted by Crippen LogP contribution is -2.34. The topological polar surface area (TPSA) is 107 Å². The van der Waals surface area contributed by atoms with Crippen LogP contribution in [0.4, 0.5) is 0 Å². The van der Waals surface area contributed by atoms with Crippen LogP contribution >= 0.6 is 15.9 Å². The number of hydrogen-bond acceptors (Lipinski definition) is 7. The maximum atomic E-state index is 12.2. The average Bonchev–Trinajstić information content (AvgIpc) is 3.18. The zero-order valence-electron chi connectivity index (χ0n) is 15.7. The van der Waals surface area contributed by atoms with Crippen LogP contribution in [0.2, 0.25) is 0 Å². The van der Waals surface area contributed by atoms with Gasteiger partial charge in [-0.15, -0.1) is 0 Å². The highest BCUT2D eigenvalue weighted by molar-refractivity contribution is 9.10. The number of carbonyl (C=O) groups is 2. The molecule has 0 atom stereocenters. The number of methoxy groups -OCH3 is 2. The predicted molar refractivity (Wildman–Crippen MR) is 108 cm³/mol. The summed E-state index contributed by atoms with van der Waals surface area (Å²) < 4.78 is 21.6. The Labute approximate surface area is 175 Å². The number of benzene rings is 2. The second-order valence-corrected chi connectivity index (χ2v) is 6.63. The fraction of sp³-hybridized carbons (Fsp3) is 0.211. The molecular formula is C19H18BrN3O6. The van der Waals surface area contributed by atoms with Gasteiger partial charge in [0, 0.05) is 15.6 Å². The molecule has 9 nitrogen and oxygen atoms in total. The van der Waals surface area contributed by atoms with Crippen molar-refractivity contribution in [2.75, 3.05) is 27.6 Å². The van der Waals surface area contributed by atoms with E-state index in [0.29, 0.717) is 34.1 Å². The molecule has 0 radical (unpaired) electrons. The van der Waals surface area contributed by atoms with Crippen molar-refractivity contribution in [3.8, 4) is 23.0 Å². The number of carbonyl (C=O) groups excluding carboxylic acids is 2. The first-order chi connectivity index (χ1) is 14.0. The summed E-state index contributed by atoms with van der Waals surface area (Å²) in [5, 5.41) is 6.40. The van der Waals surface area contributed by atoms with E-state index >= 15 is 0 Å². The number of halogens is 1. The van der Waals surface area contributed by atoms with Crippen LogP contribution in [-0.2, 0) is 4.79 Å². The van der Waals surface area contributed by atoms with E-state index in [1.54, 1.807) is 24.3 Å². The van der Waals surface area contributed by atoms with Crippen molar-refractivity contribution in [3.63, 3.8) is 0 Å². The van der Waals surface area contributed by atoms with Gasteiger partial charge in [0.2, 0.25) is 6.79 Å². The molecule has 1 heterocycles. The lowest BCUT2D eigenvalue weighted by atomic mass is 10.2. The van der Waals surface area contributed by atoms with Crippen LogP contribution in [0, 0.1) is 0 Å². The molecule has 3 rings (SSSR count). The van der Waals surface area contributed by atoms with Crippen molar-refractivity contribution in [1.82, 2.24) is 10.7 Å². The SMILES string of the molecule is COc1ccc(C(=O)NCC(=O)N/N=C/c2cc3c(cc2Br)OCO3)cc1OC. The van der Waals surface area contributed by atoms with E-state index in [4.69, 9.17) is 18.9 Å². The lowest BCUT2D eigenvalue weighted by Gasteiger charge is -2.09. The molecule has 2 aromatic rings. The Balaban J connectivity index is 1.52. The minimum Gasteiger partial charge on any atom is -0.493 e. The van der Waals surface area contributed by atoms with Crippen molar-refractivity contribution >= 4 is 34.0 Å². The Hall–Kier alpha value is -3.27. The molecule has 0 aliphatic carbocycles. The standard InChI is InChI=1S/C19H18BrN3O6/c1-26-14-4-3-11(5-15(14)27-2)19(25)21-9-18(24)23-22-8-12-6-16-17(7-13(12)20)29-10-28-16/h3-8H,9-10H2,1-2H3,(H,21,25)(H,23,24)/b22-8+. The Kier molecular flexibility index (Phi) is 6.55. The average molecular weight is 464 g/mol. The van der Waals surface area contributed by atoms with E-state index in [-0.39, 0.29) is 13.3 Å². The zero-order valence-corrected chi connectivity index (χ0v) is 17.2. The third-order valence-corrected chi connectivity index (χ3v) is 4.63. The minimum atomic E-state index is -0.480. The molecule has 2 N–H and O–H groups in total. The van der Waals surface area contributed by atoms with Crippen molar-refractivity contribution < 1.29 is 28.5 Å². The summed E-state index contributed by atoms with van der Waals surface area (Å²) in [5.41, 5.74) is 3.39. The van der Waals surface area contributed by atoms with Crippen LogP contribution in [0.5, 0.6) is 23.0 Å². The van der Waals surface area contributed by atoms with E-state index in [2.05, 4.69) is 31.8 Å². The number of rotatable bonds is 7. The van der Waals surface area contributed by atoms with Gasteiger partial charge in [0.05, 0.1) is 27.0 Å². The van der Waals surface area contributed by atoms with Crippen LogP contribution < -0.4 is 29.7 Å². The molecular weight excluding hydrogens is 446 g/mol. The third-order valence-electron chi connectivity index (χ3n) is 3.94. The summed E-state index contributed by atoms with van der Waals surface area (Å²) in [5.74, 6) is 1.25. The lowest BCUT2D eigenvalue weighted by molar-refractivity contribution is -0.120. The second kappa shape index (κ2) is 9.28. The van der Waals surface area contributed by atoms with Gasteiger partial charge in [-0.1, -0.05) is 0 Å². The first-order valence-corrected chi connectivity index (χ1v) is 9.22. The molecule has 0 aromatic heterocycles. The maximum Gasteiger partial charge on any atom is 0.259 e. The number of fused-ring (bicyclic) bond motifs is 1. The van der Waals surface area contributed by atoms with E-state index in [0.717, 1.165) is 4.47 Å². The first kappa shape index (κ1) is 20.5. The third kappa shape index (κ3) is 4.96. The van der Waals surface area contributed by atoms with Gasteiger partial charge >= 0.3 is 0 Å². The number of ether oxygens (including phenoxy) is 4. The molecule has 10 heteroatoms. The number of nitrogens with one attached hydrogen (secondary N) is 2. The normalized spacial score (nSPS) is 12.0. The molecule has 0 bridgehead atoms. The van der Waals surface area contributed by atoms with Gasteiger partial charge in [-0.05, 0) is 46.3 Å². The fourth-order valence-electron chi connectivity index (χ4n) is 2.49. The molecule has 1 aliphatic rings. The summed E-state index contributed by atoms with van der Waals surface area (Å²) in [6, 6.07) is 8.21. The van der Waals surface area contributed by atoms with Crippen molar-refractivity contribution in [2.24, 2.45) is 5.10 Å². The quantitative estimate of drug-likeness (QED) is 0.480. The monoisotopic (exact) mass is 463 g/mol. The van der Waals surface area contributed by atoms with Gasteiger partial charge in [-0.2, -0.15) is 5.10 Å². The molecule has 152 valence electrons. The van der Waals surface area contributed by atoms with Gasteiger partial charge in [0.1, 0.15) is 0 Å². The number of nitrogens with zero attached hydrogens (tertiary/aromatic N) is 1. The van der Waals surface area contributed by atoms with E-state index in [1.165, 1.54) is 26.5 Å². The highest BCUT2D eigenvalue weighted by Gasteiger charge is 2.16. The van der Waals surface area contributed by atoms with Gasteiger partial charge in [0.15, 0.2) is 23.0 Å². The van der Waals surface area contributed by atoms with Crippen molar-refractivity contribution in [3.05, 3.63) is 45.9 Å². The molecule has 2 amide bonds. The highest BCUT2D eigenvalue weighted by Crippen LogP contribution is 2.36. The van der Waals surface area contributed by atoms with Crippen LogP contribution in [-0.4, -0.2) is 45.6 Å². The predicted octanol–water partition coefficient (Wildman–Crippen LogP) is 2.08. The summed E-state index contributed by atoms with van der Waals surface area (Å²) in [6.45, 7) is -0.0777. The van der Waals surface area contributed by atoms with Crippen molar-refractivity contribution in [2.45, 2.75) is 0 Å². The molecule has 0 fully saturated rings. The summed E-state index contributed by atoms with van der Waals surface area (Å²) in [6.07, 6.45) is 1.46. The van der Waals surface area contributed by atoms with Gasteiger partial charge in [0.25, 0.3) is 11.8 Å². The van der Waals surface area contributed by atoms with E-state index in [9.17, 15) is 9.59 Å². The molecule has 29 heavy (non-hydrogen) atoms. The number of amides is 2. The van der Waals surface area contributed by atoms with Gasteiger partial charge < -0.3 is 24.3 Å². The minimum absolute atomic E-state index is 0.166. The van der Waals surface area contributed by atoms with E-state index in [1.807, 2.05) is 0 Å². The van der Waals surface area contributed by atoms with Crippen LogP contribution in [0.25, 0.3) is 0 Å². The smallest absolute Gasteiger partial charge is 0.259 e. The Morgan fingerprint density at radius 3 is 2.59 bits per heavy atom. The molecule has 0 saturated carbocycles. The Morgan fingerprint density at radius 1 is 1.14 bits per heavy atom. The number of hydrogen-bond donors (Lipinski definition) is 2. The molecule has 0 saturated heterocycles.